The maximum Gasteiger partial charge on any atom is 0.339 e. The molecule has 0 amide bonds. The number of hydrogen-bond acceptors (Lipinski definition) is 5. The molecular formula is C32H29NO3S. The molecule has 6 rings (SSSR count). The molecule has 0 saturated heterocycles. The standard InChI is InChI=1S/C32H29NO3S/c34-29(23-14-12-22(13-15-23)21-7-2-1-3-8-21)20-36-32(35)30-26-10-4-5-11-28(26)33-31-24(16-17-27(30)31)19-25-9-6-18-37-25/h4-6,9-15,18-19,21H,1-3,7-8,16-17,20H2/b24-19-. The van der Waals surface area contributed by atoms with Gasteiger partial charge in [-0.2, -0.15) is 0 Å². The minimum atomic E-state index is -0.459. The molecule has 0 bridgehead atoms. The SMILES string of the molecule is O=C(COC(=O)c1c2c(nc3ccccc13)/C(=C\c1cccs1)CC2)c1ccc(C2CCCCC2)cc1. The number of hydrogen-bond donors (Lipinski definition) is 0. The summed E-state index contributed by atoms with van der Waals surface area (Å²) < 4.78 is 5.63. The van der Waals surface area contributed by atoms with Crippen LogP contribution in [0.25, 0.3) is 22.6 Å². The van der Waals surface area contributed by atoms with Crippen LogP contribution in [0.5, 0.6) is 0 Å². The molecule has 1 saturated carbocycles. The average molecular weight is 508 g/mol. The van der Waals surface area contributed by atoms with E-state index in [-0.39, 0.29) is 12.4 Å². The summed E-state index contributed by atoms with van der Waals surface area (Å²) in [4.78, 5) is 32.4. The van der Waals surface area contributed by atoms with Crippen molar-refractivity contribution in [3.8, 4) is 0 Å². The normalized spacial score (nSPS) is 16.7. The summed E-state index contributed by atoms with van der Waals surface area (Å²) >= 11 is 1.68. The Kier molecular flexibility index (Phi) is 6.71. The minimum Gasteiger partial charge on any atom is -0.454 e. The lowest BCUT2D eigenvalue weighted by atomic mass is 9.84. The molecule has 2 aliphatic rings. The topological polar surface area (TPSA) is 56.3 Å². The highest BCUT2D eigenvalue weighted by Crippen LogP contribution is 2.38. The molecule has 2 aromatic heterocycles. The first-order chi connectivity index (χ1) is 18.2. The van der Waals surface area contributed by atoms with Gasteiger partial charge in [0.2, 0.25) is 0 Å². The Hall–Kier alpha value is -3.57. The summed E-state index contributed by atoms with van der Waals surface area (Å²) in [6.07, 6.45) is 10.0. The lowest BCUT2D eigenvalue weighted by molar-refractivity contribution is 0.0475. The first-order valence-corrected chi connectivity index (χ1v) is 14.0. The Balaban J connectivity index is 1.23. The molecule has 5 heteroatoms. The van der Waals surface area contributed by atoms with Gasteiger partial charge in [-0.05, 0) is 71.9 Å². The monoisotopic (exact) mass is 507 g/mol. The molecule has 2 heterocycles. The van der Waals surface area contributed by atoms with Crippen LogP contribution in [-0.2, 0) is 11.2 Å². The van der Waals surface area contributed by atoms with Crippen molar-refractivity contribution in [1.82, 2.24) is 4.98 Å². The second kappa shape index (κ2) is 10.4. The van der Waals surface area contributed by atoms with E-state index in [9.17, 15) is 9.59 Å². The lowest BCUT2D eigenvalue weighted by Crippen LogP contribution is -2.16. The van der Waals surface area contributed by atoms with Gasteiger partial charge in [-0.25, -0.2) is 9.78 Å². The number of rotatable bonds is 6. The van der Waals surface area contributed by atoms with Crippen LogP contribution in [0.4, 0.5) is 0 Å². The summed E-state index contributed by atoms with van der Waals surface area (Å²) in [5.74, 6) is -0.0483. The van der Waals surface area contributed by atoms with Gasteiger partial charge < -0.3 is 4.74 Å². The number of aromatic nitrogens is 1. The molecule has 0 atom stereocenters. The molecule has 2 aliphatic carbocycles. The fraction of sp³-hybridized carbons (Fsp3) is 0.281. The number of ketones is 1. The van der Waals surface area contributed by atoms with Gasteiger partial charge in [-0.1, -0.05) is 67.8 Å². The minimum absolute atomic E-state index is 0.183. The number of nitrogens with zero attached hydrogens (tertiary/aromatic N) is 1. The van der Waals surface area contributed by atoms with Crippen molar-refractivity contribution in [3.05, 3.63) is 98.9 Å². The number of para-hydroxylation sites is 1. The van der Waals surface area contributed by atoms with Crippen LogP contribution in [0, 0.1) is 0 Å². The Labute approximate surface area is 221 Å². The molecule has 4 nitrogen and oxygen atoms in total. The van der Waals surface area contributed by atoms with Crippen molar-refractivity contribution in [2.24, 2.45) is 0 Å². The largest absolute Gasteiger partial charge is 0.454 e. The van der Waals surface area contributed by atoms with Gasteiger partial charge in [0.25, 0.3) is 0 Å². The molecule has 0 unspecified atom stereocenters. The summed E-state index contributed by atoms with van der Waals surface area (Å²) in [5, 5.41) is 2.83. The number of pyridine rings is 1. The molecule has 0 N–H and O–H groups in total. The third-order valence-electron chi connectivity index (χ3n) is 7.65. The summed E-state index contributed by atoms with van der Waals surface area (Å²) in [5.41, 5.74) is 6.09. The van der Waals surface area contributed by atoms with E-state index in [1.54, 1.807) is 11.3 Å². The quantitative estimate of drug-likeness (QED) is 0.197. The van der Waals surface area contributed by atoms with Gasteiger partial charge in [-0.15, -0.1) is 11.3 Å². The first-order valence-electron chi connectivity index (χ1n) is 13.1. The zero-order valence-corrected chi connectivity index (χ0v) is 21.6. The van der Waals surface area contributed by atoms with Crippen molar-refractivity contribution in [1.29, 1.82) is 0 Å². The highest BCUT2D eigenvalue weighted by Gasteiger charge is 2.28. The van der Waals surface area contributed by atoms with Crippen LogP contribution in [-0.4, -0.2) is 23.3 Å². The Bertz CT molecular complexity index is 1480. The zero-order valence-electron chi connectivity index (χ0n) is 20.7. The highest BCUT2D eigenvalue weighted by atomic mass is 32.1. The van der Waals surface area contributed by atoms with Crippen molar-refractivity contribution in [2.75, 3.05) is 6.61 Å². The van der Waals surface area contributed by atoms with Gasteiger partial charge in [0.1, 0.15) is 0 Å². The van der Waals surface area contributed by atoms with Crippen molar-refractivity contribution >= 4 is 45.6 Å². The van der Waals surface area contributed by atoms with Crippen molar-refractivity contribution in [3.63, 3.8) is 0 Å². The molecule has 0 radical (unpaired) electrons. The van der Waals surface area contributed by atoms with E-state index in [1.165, 1.54) is 42.5 Å². The van der Waals surface area contributed by atoms with Crippen LogP contribution in [0.1, 0.15) is 86.9 Å². The molecule has 0 spiro atoms. The second-order valence-corrected chi connectivity index (χ2v) is 11.0. The average Bonchev–Trinajstić information content (AvgIpc) is 3.61. The molecular weight excluding hydrogens is 478 g/mol. The number of fused-ring (bicyclic) bond motifs is 2. The predicted molar refractivity (Wildman–Crippen MR) is 149 cm³/mol. The highest BCUT2D eigenvalue weighted by molar-refractivity contribution is 7.10. The number of carbonyl (C=O) groups excluding carboxylic acids is 2. The fourth-order valence-corrected chi connectivity index (χ4v) is 6.40. The van der Waals surface area contributed by atoms with Gasteiger partial charge in [0, 0.05) is 15.8 Å². The third kappa shape index (κ3) is 4.88. The molecule has 2 aromatic carbocycles. The van der Waals surface area contributed by atoms with E-state index in [0.717, 1.165) is 40.6 Å². The maximum atomic E-state index is 13.4. The molecule has 186 valence electrons. The van der Waals surface area contributed by atoms with E-state index in [1.807, 2.05) is 42.5 Å². The number of allylic oxidation sites excluding steroid dienone is 1. The van der Waals surface area contributed by atoms with Crippen LogP contribution in [0.3, 0.4) is 0 Å². The van der Waals surface area contributed by atoms with Gasteiger partial charge in [0.15, 0.2) is 12.4 Å². The number of esters is 1. The maximum absolute atomic E-state index is 13.4. The van der Waals surface area contributed by atoms with Crippen LogP contribution < -0.4 is 0 Å². The number of thiophene rings is 1. The molecule has 4 aromatic rings. The number of carbonyl (C=O) groups is 2. The van der Waals surface area contributed by atoms with E-state index in [0.29, 0.717) is 17.0 Å². The first kappa shape index (κ1) is 23.8. The Morgan fingerprint density at radius 2 is 1.76 bits per heavy atom. The summed E-state index contributed by atoms with van der Waals surface area (Å²) in [6, 6.07) is 19.7. The lowest BCUT2D eigenvalue weighted by Gasteiger charge is -2.22. The van der Waals surface area contributed by atoms with E-state index >= 15 is 0 Å². The van der Waals surface area contributed by atoms with Gasteiger partial charge >= 0.3 is 5.97 Å². The van der Waals surface area contributed by atoms with Crippen LogP contribution in [0.15, 0.2) is 66.0 Å². The molecule has 37 heavy (non-hydrogen) atoms. The molecule has 1 fully saturated rings. The zero-order chi connectivity index (χ0) is 25.2. The predicted octanol–water partition coefficient (Wildman–Crippen LogP) is 7.87. The number of ether oxygens (including phenoxy) is 1. The van der Waals surface area contributed by atoms with Crippen LogP contribution in [0.2, 0.25) is 0 Å². The van der Waals surface area contributed by atoms with E-state index in [2.05, 4.69) is 29.7 Å². The Morgan fingerprint density at radius 1 is 0.946 bits per heavy atom. The van der Waals surface area contributed by atoms with Gasteiger partial charge in [-0.3, -0.25) is 4.79 Å². The summed E-state index contributed by atoms with van der Waals surface area (Å²) in [6.45, 7) is -0.273. The van der Waals surface area contributed by atoms with Crippen LogP contribution >= 0.6 is 11.3 Å². The second-order valence-electron chi connectivity index (χ2n) is 9.97. The number of Topliss-reactive ketones (excluding diaryl/α,β-unsaturated/α-hetero) is 1. The van der Waals surface area contributed by atoms with E-state index in [4.69, 9.17) is 9.72 Å². The van der Waals surface area contributed by atoms with Crippen molar-refractivity contribution in [2.45, 2.75) is 50.9 Å². The smallest absolute Gasteiger partial charge is 0.339 e. The van der Waals surface area contributed by atoms with Gasteiger partial charge in [0.05, 0.1) is 16.8 Å². The summed E-state index contributed by atoms with van der Waals surface area (Å²) in [7, 11) is 0. The van der Waals surface area contributed by atoms with E-state index < -0.39 is 5.97 Å². The molecule has 0 aliphatic heterocycles. The Morgan fingerprint density at radius 3 is 2.54 bits per heavy atom. The third-order valence-corrected chi connectivity index (χ3v) is 8.47. The fourth-order valence-electron chi connectivity index (χ4n) is 5.72. The number of benzene rings is 2. The van der Waals surface area contributed by atoms with Crippen molar-refractivity contribution < 1.29 is 14.3 Å².